The summed E-state index contributed by atoms with van der Waals surface area (Å²) in [7, 11) is 0. The van der Waals surface area contributed by atoms with Crippen LogP contribution in [0.5, 0.6) is 0 Å². The Morgan fingerprint density at radius 3 is 2.58 bits per heavy atom. The molecular weight excluding hydrogens is 152 g/mol. The average molecular weight is 172 g/mol. The highest BCUT2D eigenvalue weighted by Gasteiger charge is 2.37. The summed E-state index contributed by atoms with van der Waals surface area (Å²) < 4.78 is 0. The molecule has 0 aromatic carbocycles. The smallest absolute Gasteiger partial charge is 0.0907 e. The summed E-state index contributed by atoms with van der Waals surface area (Å²) in [5.41, 5.74) is -0.785. The standard InChI is InChI=1S/C10H20O2/c1-8(2)7-10(12)6-4-3-5-9(10)11/h8-9,11-12H,3-7H2,1-2H3. The first-order valence-electron chi connectivity index (χ1n) is 4.95. The van der Waals surface area contributed by atoms with Crippen LogP contribution >= 0.6 is 0 Å². The molecule has 1 saturated carbocycles. The minimum Gasteiger partial charge on any atom is -0.390 e. The van der Waals surface area contributed by atoms with E-state index in [1.54, 1.807) is 0 Å². The molecule has 1 rings (SSSR count). The van der Waals surface area contributed by atoms with Crippen molar-refractivity contribution < 1.29 is 10.2 Å². The summed E-state index contributed by atoms with van der Waals surface area (Å²) in [6, 6.07) is 0. The molecule has 0 heterocycles. The van der Waals surface area contributed by atoms with Crippen molar-refractivity contribution in [2.24, 2.45) is 5.92 Å². The van der Waals surface area contributed by atoms with Crippen LogP contribution in [0.4, 0.5) is 0 Å². The van der Waals surface area contributed by atoms with Crippen LogP contribution in [-0.2, 0) is 0 Å². The fourth-order valence-corrected chi connectivity index (χ4v) is 2.15. The van der Waals surface area contributed by atoms with Gasteiger partial charge >= 0.3 is 0 Å². The number of hydrogen-bond donors (Lipinski definition) is 2. The lowest BCUT2D eigenvalue weighted by Crippen LogP contribution is -2.45. The van der Waals surface area contributed by atoms with Gasteiger partial charge in [0.15, 0.2) is 0 Å². The molecule has 0 aromatic heterocycles. The molecule has 2 atom stereocenters. The van der Waals surface area contributed by atoms with Crippen LogP contribution in [0.25, 0.3) is 0 Å². The van der Waals surface area contributed by atoms with Crippen molar-refractivity contribution in [1.29, 1.82) is 0 Å². The molecule has 0 amide bonds. The van der Waals surface area contributed by atoms with Gasteiger partial charge in [0.2, 0.25) is 0 Å². The van der Waals surface area contributed by atoms with Gasteiger partial charge in [0.05, 0.1) is 11.7 Å². The first-order chi connectivity index (χ1) is 5.54. The Labute approximate surface area is 74.6 Å². The Kier molecular flexibility index (Phi) is 3.13. The fraction of sp³-hybridized carbons (Fsp3) is 1.00. The molecule has 2 N–H and O–H groups in total. The maximum absolute atomic E-state index is 10.1. The summed E-state index contributed by atoms with van der Waals surface area (Å²) >= 11 is 0. The summed E-state index contributed by atoms with van der Waals surface area (Å²) in [6.45, 7) is 4.17. The van der Waals surface area contributed by atoms with E-state index in [4.69, 9.17) is 0 Å². The Hall–Kier alpha value is -0.0800. The topological polar surface area (TPSA) is 40.5 Å². The van der Waals surface area contributed by atoms with Gasteiger partial charge in [0.25, 0.3) is 0 Å². The van der Waals surface area contributed by atoms with Crippen molar-refractivity contribution in [1.82, 2.24) is 0 Å². The number of hydrogen-bond acceptors (Lipinski definition) is 2. The van der Waals surface area contributed by atoms with Crippen molar-refractivity contribution in [3.05, 3.63) is 0 Å². The van der Waals surface area contributed by atoms with Crippen molar-refractivity contribution in [3.63, 3.8) is 0 Å². The van der Waals surface area contributed by atoms with Gasteiger partial charge in [0.1, 0.15) is 0 Å². The Morgan fingerprint density at radius 1 is 1.42 bits per heavy atom. The van der Waals surface area contributed by atoms with E-state index < -0.39 is 11.7 Å². The van der Waals surface area contributed by atoms with Gasteiger partial charge in [-0.3, -0.25) is 0 Å². The first-order valence-corrected chi connectivity index (χ1v) is 4.95. The molecule has 1 aliphatic rings. The molecule has 0 aliphatic heterocycles. The molecule has 1 aliphatic carbocycles. The average Bonchev–Trinajstić information content (AvgIpc) is 1.94. The maximum atomic E-state index is 10.1. The highest BCUT2D eigenvalue weighted by Crippen LogP contribution is 2.33. The lowest BCUT2D eigenvalue weighted by molar-refractivity contribution is -0.110. The van der Waals surface area contributed by atoms with E-state index in [-0.39, 0.29) is 0 Å². The molecule has 2 unspecified atom stereocenters. The maximum Gasteiger partial charge on any atom is 0.0907 e. The van der Waals surface area contributed by atoms with Crippen LogP contribution in [0, 0.1) is 5.92 Å². The highest BCUT2D eigenvalue weighted by atomic mass is 16.3. The Bertz CT molecular complexity index is 145. The SMILES string of the molecule is CC(C)CC1(O)CCCCC1O. The quantitative estimate of drug-likeness (QED) is 0.665. The molecule has 2 nitrogen and oxygen atoms in total. The molecular formula is C10H20O2. The van der Waals surface area contributed by atoms with Crippen molar-refractivity contribution in [2.45, 2.75) is 57.7 Å². The van der Waals surface area contributed by atoms with Gasteiger partial charge in [-0.05, 0) is 25.2 Å². The fourth-order valence-electron chi connectivity index (χ4n) is 2.15. The third-order valence-electron chi connectivity index (χ3n) is 2.72. The molecule has 2 heteroatoms. The normalized spacial score (nSPS) is 37.2. The predicted octanol–water partition coefficient (Wildman–Crippen LogP) is 1.70. The molecule has 0 aromatic rings. The van der Waals surface area contributed by atoms with Crippen LogP contribution in [0.3, 0.4) is 0 Å². The van der Waals surface area contributed by atoms with Crippen LogP contribution in [0.2, 0.25) is 0 Å². The lowest BCUT2D eigenvalue weighted by atomic mass is 9.77. The molecule has 0 radical (unpaired) electrons. The third kappa shape index (κ3) is 2.20. The second kappa shape index (κ2) is 3.75. The minimum atomic E-state index is -0.785. The van der Waals surface area contributed by atoms with Crippen LogP contribution in [0.15, 0.2) is 0 Å². The van der Waals surface area contributed by atoms with E-state index in [1.807, 2.05) is 0 Å². The van der Waals surface area contributed by atoms with E-state index >= 15 is 0 Å². The number of aliphatic hydroxyl groups excluding tert-OH is 1. The van der Waals surface area contributed by atoms with Crippen LogP contribution in [0.1, 0.15) is 46.0 Å². The van der Waals surface area contributed by atoms with Crippen molar-refractivity contribution >= 4 is 0 Å². The molecule has 0 saturated heterocycles. The van der Waals surface area contributed by atoms with E-state index in [1.165, 1.54) is 0 Å². The molecule has 0 spiro atoms. The summed E-state index contributed by atoms with van der Waals surface area (Å²) in [5.74, 6) is 0.461. The van der Waals surface area contributed by atoms with Crippen LogP contribution in [-0.4, -0.2) is 21.9 Å². The second-order valence-electron chi connectivity index (χ2n) is 4.46. The van der Waals surface area contributed by atoms with E-state index in [2.05, 4.69) is 13.8 Å². The van der Waals surface area contributed by atoms with Crippen molar-refractivity contribution in [3.8, 4) is 0 Å². The second-order valence-corrected chi connectivity index (χ2v) is 4.46. The molecule has 1 fully saturated rings. The molecule has 72 valence electrons. The highest BCUT2D eigenvalue weighted by molar-refractivity contribution is 4.90. The Balaban J connectivity index is 2.53. The lowest BCUT2D eigenvalue weighted by Gasteiger charge is -2.38. The summed E-state index contributed by atoms with van der Waals surface area (Å²) in [6.07, 6.45) is 3.89. The van der Waals surface area contributed by atoms with Gasteiger partial charge in [-0.2, -0.15) is 0 Å². The monoisotopic (exact) mass is 172 g/mol. The number of rotatable bonds is 2. The zero-order chi connectivity index (χ0) is 9.19. The third-order valence-corrected chi connectivity index (χ3v) is 2.72. The zero-order valence-electron chi connectivity index (χ0n) is 8.08. The molecule has 12 heavy (non-hydrogen) atoms. The summed E-state index contributed by atoms with van der Waals surface area (Å²) in [5, 5.41) is 19.7. The predicted molar refractivity (Wildman–Crippen MR) is 48.9 cm³/mol. The largest absolute Gasteiger partial charge is 0.390 e. The Morgan fingerprint density at radius 2 is 2.08 bits per heavy atom. The van der Waals surface area contributed by atoms with Gasteiger partial charge in [-0.1, -0.05) is 26.7 Å². The van der Waals surface area contributed by atoms with Crippen molar-refractivity contribution in [2.75, 3.05) is 0 Å². The minimum absolute atomic E-state index is 0.461. The van der Waals surface area contributed by atoms with Gasteiger partial charge in [0, 0.05) is 0 Å². The summed E-state index contributed by atoms with van der Waals surface area (Å²) in [4.78, 5) is 0. The van der Waals surface area contributed by atoms with Gasteiger partial charge in [-0.15, -0.1) is 0 Å². The molecule has 0 bridgehead atoms. The zero-order valence-corrected chi connectivity index (χ0v) is 8.08. The van der Waals surface area contributed by atoms with Crippen LogP contribution < -0.4 is 0 Å². The van der Waals surface area contributed by atoms with Gasteiger partial charge in [-0.25, -0.2) is 0 Å². The van der Waals surface area contributed by atoms with E-state index in [9.17, 15) is 10.2 Å². The van der Waals surface area contributed by atoms with Gasteiger partial charge < -0.3 is 10.2 Å². The van der Waals surface area contributed by atoms with E-state index in [0.717, 1.165) is 32.1 Å². The first kappa shape index (κ1) is 10.0. The number of aliphatic hydroxyl groups is 2. The van der Waals surface area contributed by atoms with E-state index in [0.29, 0.717) is 5.92 Å².